The van der Waals surface area contributed by atoms with Crippen molar-refractivity contribution in [2.75, 3.05) is 0 Å². The van der Waals surface area contributed by atoms with E-state index in [1.165, 1.54) is 23.8 Å². The average molecular weight is 489 g/mol. The number of aryl methyl sites for hydroxylation is 1. The van der Waals surface area contributed by atoms with Crippen molar-refractivity contribution in [1.29, 1.82) is 0 Å². The maximum Gasteiger partial charge on any atom is 0.191 e. The number of aromatic nitrogens is 4. The number of benzene rings is 2. The van der Waals surface area contributed by atoms with E-state index in [0.717, 1.165) is 21.4 Å². The third-order valence-corrected chi connectivity index (χ3v) is 7.12. The molecule has 5 nitrogen and oxygen atoms in total. The van der Waals surface area contributed by atoms with Crippen LogP contribution in [0.1, 0.15) is 37.0 Å². The standard InChI is InChI=1S/C23H22ClFN4OS2/c1-4-29-21(15(3)30-20-10-9-16(25)11-19(20)24)27-28-23(29)32-13-17-12-31-22(26-17)18-8-6-5-7-14(18)2/h5-12,15H,4,13H2,1-3H3. The quantitative estimate of drug-likeness (QED) is 0.251. The summed E-state index contributed by atoms with van der Waals surface area (Å²) < 4.78 is 21.2. The molecule has 32 heavy (non-hydrogen) atoms. The monoisotopic (exact) mass is 488 g/mol. The summed E-state index contributed by atoms with van der Waals surface area (Å²) in [7, 11) is 0. The van der Waals surface area contributed by atoms with Crippen LogP contribution in [0.15, 0.2) is 53.0 Å². The third kappa shape index (κ3) is 4.98. The van der Waals surface area contributed by atoms with Crippen molar-refractivity contribution in [2.45, 2.75) is 44.3 Å². The fourth-order valence-corrected chi connectivity index (χ4v) is 5.40. The van der Waals surface area contributed by atoms with Crippen molar-refractivity contribution >= 4 is 34.7 Å². The van der Waals surface area contributed by atoms with Gasteiger partial charge < -0.3 is 9.30 Å². The zero-order valence-electron chi connectivity index (χ0n) is 17.9. The Bertz CT molecular complexity index is 1230. The van der Waals surface area contributed by atoms with E-state index < -0.39 is 11.9 Å². The Kier molecular flexibility index (Phi) is 7.13. The summed E-state index contributed by atoms with van der Waals surface area (Å²) in [6.45, 7) is 6.70. The van der Waals surface area contributed by atoms with Gasteiger partial charge in [-0.3, -0.25) is 0 Å². The highest BCUT2D eigenvalue weighted by molar-refractivity contribution is 7.98. The molecule has 0 aliphatic rings. The predicted molar refractivity (Wildman–Crippen MR) is 128 cm³/mol. The molecule has 0 saturated carbocycles. The number of hydrogen-bond acceptors (Lipinski definition) is 6. The van der Waals surface area contributed by atoms with E-state index in [0.29, 0.717) is 23.9 Å². The molecule has 2 aromatic carbocycles. The summed E-state index contributed by atoms with van der Waals surface area (Å²) in [4.78, 5) is 4.80. The van der Waals surface area contributed by atoms with Crippen LogP contribution < -0.4 is 4.74 Å². The van der Waals surface area contributed by atoms with Crippen molar-refractivity contribution in [3.63, 3.8) is 0 Å². The Morgan fingerprint density at radius 2 is 2.03 bits per heavy atom. The van der Waals surface area contributed by atoms with E-state index in [1.54, 1.807) is 23.1 Å². The van der Waals surface area contributed by atoms with E-state index in [2.05, 4.69) is 34.6 Å². The number of ether oxygens (including phenoxy) is 1. The maximum atomic E-state index is 13.3. The van der Waals surface area contributed by atoms with Crippen molar-refractivity contribution in [3.05, 3.63) is 75.8 Å². The number of thiazole rings is 1. The molecule has 0 bridgehead atoms. The number of hydrogen-bond donors (Lipinski definition) is 0. The van der Waals surface area contributed by atoms with Gasteiger partial charge in [-0.15, -0.1) is 21.5 Å². The highest BCUT2D eigenvalue weighted by Gasteiger charge is 2.20. The second-order valence-electron chi connectivity index (χ2n) is 7.17. The van der Waals surface area contributed by atoms with Crippen LogP contribution in [-0.2, 0) is 12.3 Å². The molecule has 0 aliphatic heterocycles. The fourth-order valence-electron chi connectivity index (χ4n) is 3.27. The first-order valence-electron chi connectivity index (χ1n) is 10.1. The van der Waals surface area contributed by atoms with E-state index in [9.17, 15) is 4.39 Å². The van der Waals surface area contributed by atoms with E-state index in [-0.39, 0.29) is 5.02 Å². The van der Waals surface area contributed by atoms with E-state index in [4.69, 9.17) is 21.3 Å². The second kappa shape index (κ2) is 10.0. The van der Waals surface area contributed by atoms with Crippen LogP contribution in [0.2, 0.25) is 5.02 Å². The van der Waals surface area contributed by atoms with Crippen LogP contribution in [0.3, 0.4) is 0 Å². The molecule has 4 aromatic rings. The van der Waals surface area contributed by atoms with Crippen LogP contribution in [0.25, 0.3) is 10.6 Å². The summed E-state index contributed by atoms with van der Waals surface area (Å²) in [6, 6.07) is 12.3. The second-order valence-corrected chi connectivity index (χ2v) is 9.38. The zero-order chi connectivity index (χ0) is 22.7. The molecule has 0 aliphatic carbocycles. The van der Waals surface area contributed by atoms with Crippen LogP contribution in [0.5, 0.6) is 5.75 Å². The molecule has 166 valence electrons. The van der Waals surface area contributed by atoms with Crippen molar-refractivity contribution < 1.29 is 9.13 Å². The van der Waals surface area contributed by atoms with Gasteiger partial charge in [-0.25, -0.2) is 9.37 Å². The van der Waals surface area contributed by atoms with Gasteiger partial charge in [-0.2, -0.15) is 0 Å². The van der Waals surface area contributed by atoms with Crippen LogP contribution >= 0.6 is 34.7 Å². The molecule has 1 unspecified atom stereocenters. The lowest BCUT2D eigenvalue weighted by Crippen LogP contribution is -2.12. The molecular formula is C23H22ClFN4OS2. The Labute approximate surface area is 199 Å². The van der Waals surface area contributed by atoms with Gasteiger partial charge in [0.15, 0.2) is 17.1 Å². The Morgan fingerprint density at radius 1 is 1.22 bits per heavy atom. The van der Waals surface area contributed by atoms with Gasteiger partial charge in [0.25, 0.3) is 0 Å². The summed E-state index contributed by atoms with van der Waals surface area (Å²) in [5.41, 5.74) is 3.39. The highest BCUT2D eigenvalue weighted by atomic mass is 35.5. The summed E-state index contributed by atoms with van der Waals surface area (Å²) in [5.74, 6) is 1.39. The summed E-state index contributed by atoms with van der Waals surface area (Å²) in [6.07, 6.45) is -0.397. The van der Waals surface area contributed by atoms with Crippen LogP contribution in [0.4, 0.5) is 4.39 Å². The van der Waals surface area contributed by atoms with Crippen molar-refractivity contribution in [3.8, 4) is 16.3 Å². The first kappa shape index (κ1) is 22.8. The fraction of sp³-hybridized carbons (Fsp3) is 0.261. The first-order valence-corrected chi connectivity index (χ1v) is 12.4. The van der Waals surface area contributed by atoms with Gasteiger partial charge in [0.1, 0.15) is 16.6 Å². The van der Waals surface area contributed by atoms with Gasteiger partial charge in [-0.1, -0.05) is 47.6 Å². The maximum absolute atomic E-state index is 13.3. The Morgan fingerprint density at radius 3 is 2.78 bits per heavy atom. The predicted octanol–water partition coefficient (Wildman–Crippen LogP) is 6.95. The van der Waals surface area contributed by atoms with Gasteiger partial charge in [0, 0.05) is 23.2 Å². The Hall–Kier alpha value is -2.42. The molecule has 2 aromatic heterocycles. The van der Waals surface area contributed by atoms with Crippen LogP contribution in [-0.4, -0.2) is 19.7 Å². The number of thioether (sulfide) groups is 1. The normalized spacial score (nSPS) is 12.2. The lowest BCUT2D eigenvalue weighted by Gasteiger charge is -2.16. The molecular weight excluding hydrogens is 467 g/mol. The van der Waals surface area contributed by atoms with Gasteiger partial charge in [0.2, 0.25) is 0 Å². The lowest BCUT2D eigenvalue weighted by atomic mass is 10.1. The van der Waals surface area contributed by atoms with Gasteiger partial charge >= 0.3 is 0 Å². The summed E-state index contributed by atoms with van der Waals surface area (Å²) in [5, 5.41) is 12.8. The molecule has 2 heterocycles. The number of rotatable bonds is 8. The minimum atomic E-state index is -0.405. The molecule has 0 radical (unpaired) electrons. The molecule has 4 rings (SSSR count). The first-order chi connectivity index (χ1) is 15.5. The van der Waals surface area contributed by atoms with Crippen molar-refractivity contribution in [1.82, 2.24) is 19.7 Å². The molecule has 0 fully saturated rings. The Balaban J connectivity index is 1.46. The van der Waals surface area contributed by atoms with Gasteiger partial charge in [0.05, 0.1) is 10.7 Å². The number of nitrogens with zero attached hydrogens (tertiary/aromatic N) is 4. The number of halogens is 2. The van der Waals surface area contributed by atoms with E-state index in [1.807, 2.05) is 30.5 Å². The lowest BCUT2D eigenvalue weighted by molar-refractivity contribution is 0.210. The third-order valence-electron chi connectivity index (χ3n) is 4.90. The molecule has 0 amide bonds. The van der Waals surface area contributed by atoms with Crippen molar-refractivity contribution in [2.24, 2.45) is 0 Å². The highest BCUT2D eigenvalue weighted by Crippen LogP contribution is 2.32. The largest absolute Gasteiger partial charge is 0.481 e. The smallest absolute Gasteiger partial charge is 0.191 e. The minimum absolute atomic E-state index is 0.224. The molecule has 0 spiro atoms. The summed E-state index contributed by atoms with van der Waals surface area (Å²) >= 11 is 9.33. The average Bonchev–Trinajstić information content (AvgIpc) is 3.41. The van der Waals surface area contributed by atoms with E-state index >= 15 is 0 Å². The zero-order valence-corrected chi connectivity index (χ0v) is 20.3. The molecule has 1 atom stereocenters. The SMILES string of the molecule is CCn1c(SCc2csc(-c3ccccc3C)n2)nnc1C(C)Oc1ccc(F)cc1Cl. The minimum Gasteiger partial charge on any atom is -0.481 e. The molecule has 9 heteroatoms. The van der Waals surface area contributed by atoms with Crippen LogP contribution in [0, 0.1) is 12.7 Å². The van der Waals surface area contributed by atoms with Gasteiger partial charge in [-0.05, 0) is 44.5 Å². The molecule has 0 saturated heterocycles. The topological polar surface area (TPSA) is 52.8 Å². The molecule has 0 N–H and O–H groups in total.